The number of hydrogen-bond acceptors (Lipinski definition) is 5. The Bertz CT molecular complexity index is 567. The molecule has 0 fully saturated rings. The zero-order chi connectivity index (χ0) is 16.8. The van der Waals surface area contributed by atoms with E-state index in [1.54, 1.807) is 24.3 Å². The van der Waals surface area contributed by atoms with Gasteiger partial charge in [-0.05, 0) is 23.8 Å². The summed E-state index contributed by atoms with van der Waals surface area (Å²) >= 11 is 0. The van der Waals surface area contributed by atoms with Crippen LogP contribution in [-0.2, 0) is 14.3 Å². The normalized spacial score (nSPS) is 11.3. The highest BCUT2D eigenvalue weighted by molar-refractivity contribution is 5.87. The Balaban J connectivity index is 2.83. The van der Waals surface area contributed by atoms with Crippen molar-refractivity contribution in [3.8, 4) is 11.5 Å². The van der Waals surface area contributed by atoms with Crippen LogP contribution in [0.25, 0.3) is 6.08 Å². The molecule has 1 rings (SSSR count). The number of Topliss-reactive ketones (excluding diaryl/α,β-unsaturated/α-hetero) is 1. The van der Waals surface area contributed by atoms with Crippen molar-refractivity contribution in [3.63, 3.8) is 0 Å². The Labute approximate surface area is 130 Å². The Kier molecular flexibility index (Phi) is 6.16. The van der Waals surface area contributed by atoms with Crippen LogP contribution in [0.2, 0.25) is 0 Å². The highest BCUT2D eigenvalue weighted by Gasteiger charge is 2.22. The lowest BCUT2D eigenvalue weighted by Gasteiger charge is -2.17. The summed E-state index contributed by atoms with van der Waals surface area (Å²) in [6.45, 7) is 5.51. The Hall–Kier alpha value is -2.30. The van der Waals surface area contributed by atoms with Crippen molar-refractivity contribution in [2.24, 2.45) is 5.41 Å². The van der Waals surface area contributed by atoms with Gasteiger partial charge in [-0.15, -0.1) is 0 Å². The molecule has 0 N–H and O–H groups in total. The zero-order valence-electron chi connectivity index (χ0n) is 13.6. The van der Waals surface area contributed by atoms with Gasteiger partial charge >= 0.3 is 5.97 Å². The van der Waals surface area contributed by atoms with Gasteiger partial charge in [-0.25, -0.2) is 4.79 Å². The number of ether oxygens (including phenoxy) is 3. The van der Waals surface area contributed by atoms with Crippen molar-refractivity contribution in [2.45, 2.75) is 20.8 Å². The predicted octanol–water partition coefficient (Wildman–Crippen LogP) is 2.88. The third-order valence-corrected chi connectivity index (χ3v) is 3.00. The molecule has 0 bridgehead atoms. The number of benzene rings is 1. The molecule has 0 unspecified atom stereocenters. The number of carbonyl (C=O) groups is 2. The van der Waals surface area contributed by atoms with Crippen LogP contribution in [-0.4, -0.2) is 32.6 Å². The summed E-state index contributed by atoms with van der Waals surface area (Å²) in [7, 11) is 2.83. The van der Waals surface area contributed by atoms with E-state index in [4.69, 9.17) is 9.47 Å². The van der Waals surface area contributed by atoms with Crippen molar-refractivity contribution in [1.82, 2.24) is 0 Å². The Morgan fingerprint density at radius 1 is 1.14 bits per heavy atom. The maximum atomic E-state index is 11.9. The van der Waals surface area contributed by atoms with Crippen molar-refractivity contribution >= 4 is 17.8 Å². The molecule has 5 heteroatoms. The number of carbonyl (C=O) groups excluding carboxylic acids is 2. The summed E-state index contributed by atoms with van der Waals surface area (Å²) in [6, 6.07) is 5.18. The molecule has 0 amide bonds. The van der Waals surface area contributed by atoms with Gasteiger partial charge in [-0.3, -0.25) is 4.79 Å². The van der Waals surface area contributed by atoms with Gasteiger partial charge in [-0.1, -0.05) is 26.8 Å². The number of rotatable bonds is 6. The van der Waals surface area contributed by atoms with Gasteiger partial charge in [0, 0.05) is 11.5 Å². The lowest BCUT2D eigenvalue weighted by molar-refractivity contribution is -0.134. The molecule has 0 saturated carbocycles. The van der Waals surface area contributed by atoms with Crippen molar-refractivity contribution in [1.29, 1.82) is 0 Å². The van der Waals surface area contributed by atoms with E-state index < -0.39 is 11.4 Å². The molecule has 0 atom stereocenters. The quantitative estimate of drug-likeness (QED) is 0.597. The summed E-state index contributed by atoms with van der Waals surface area (Å²) in [5.74, 6) is 0.545. The molecule has 5 nitrogen and oxygen atoms in total. The Morgan fingerprint density at radius 3 is 2.36 bits per heavy atom. The van der Waals surface area contributed by atoms with Crippen LogP contribution >= 0.6 is 0 Å². The highest BCUT2D eigenvalue weighted by Crippen LogP contribution is 2.29. The summed E-state index contributed by atoms with van der Waals surface area (Å²) in [4.78, 5) is 23.0. The molecule has 0 saturated heterocycles. The topological polar surface area (TPSA) is 61.8 Å². The average molecular weight is 306 g/mol. The van der Waals surface area contributed by atoms with E-state index in [9.17, 15) is 9.59 Å². The molecule has 0 aliphatic carbocycles. The molecule has 0 radical (unpaired) electrons. The first-order valence-corrected chi connectivity index (χ1v) is 6.88. The molecular formula is C17H22O5. The van der Waals surface area contributed by atoms with E-state index in [0.29, 0.717) is 11.5 Å². The molecule has 0 heterocycles. The van der Waals surface area contributed by atoms with E-state index in [1.165, 1.54) is 20.3 Å². The predicted molar refractivity (Wildman–Crippen MR) is 84.0 cm³/mol. The van der Waals surface area contributed by atoms with Crippen LogP contribution < -0.4 is 9.47 Å². The number of methoxy groups -OCH3 is 2. The largest absolute Gasteiger partial charge is 0.493 e. The molecule has 0 aromatic heterocycles. The van der Waals surface area contributed by atoms with Gasteiger partial charge in [0.05, 0.1) is 14.2 Å². The molecule has 22 heavy (non-hydrogen) atoms. The summed E-state index contributed by atoms with van der Waals surface area (Å²) in [6.07, 6.45) is 2.93. The van der Waals surface area contributed by atoms with E-state index >= 15 is 0 Å². The highest BCUT2D eigenvalue weighted by atomic mass is 16.5. The first-order chi connectivity index (χ1) is 10.3. The minimum Gasteiger partial charge on any atom is -0.493 e. The molecular weight excluding hydrogens is 284 g/mol. The van der Waals surface area contributed by atoms with Gasteiger partial charge in [0.2, 0.25) is 0 Å². The van der Waals surface area contributed by atoms with Crippen molar-refractivity contribution in [2.75, 3.05) is 20.8 Å². The van der Waals surface area contributed by atoms with Gasteiger partial charge < -0.3 is 14.2 Å². The molecule has 0 aliphatic rings. The van der Waals surface area contributed by atoms with Crippen LogP contribution in [0.4, 0.5) is 0 Å². The zero-order valence-corrected chi connectivity index (χ0v) is 13.6. The van der Waals surface area contributed by atoms with Crippen molar-refractivity contribution < 1.29 is 23.8 Å². The molecule has 1 aromatic carbocycles. The SMILES string of the molecule is COC(=O)/C=C\c1ccc(OCC(=O)C(C)(C)C)c(OC)c1. The van der Waals surface area contributed by atoms with E-state index in [2.05, 4.69) is 4.74 Å². The number of hydrogen-bond donors (Lipinski definition) is 0. The minimum absolute atomic E-state index is 0.00390. The number of esters is 1. The monoisotopic (exact) mass is 306 g/mol. The summed E-state index contributed by atoms with van der Waals surface area (Å²) in [5, 5.41) is 0. The number of ketones is 1. The summed E-state index contributed by atoms with van der Waals surface area (Å²) < 4.78 is 15.3. The Morgan fingerprint density at radius 2 is 1.82 bits per heavy atom. The van der Waals surface area contributed by atoms with Crippen LogP contribution in [0.5, 0.6) is 11.5 Å². The summed E-state index contributed by atoms with van der Waals surface area (Å²) in [5.41, 5.74) is 0.313. The van der Waals surface area contributed by atoms with E-state index in [0.717, 1.165) is 5.56 Å². The smallest absolute Gasteiger partial charge is 0.330 e. The minimum atomic E-state index is -0.448. The van der Waals surface area contributed by atoms with Crippen LogP contribution in [0.1, 0.15) is 26.3 Å². The van der Waals surface area contributed by atoms with Crippen LogP contribution in [0.15, 0.2) is 24.3 Å². The third-order valence-electron chi connectivity index (χ3n) is 3.00. The van der Waals surface area contributed by atoms with E-state index in [-0.39, 0.29) is 12.4 Å². The average Bonchev–Trinajstić information content (AvgIpc) is 2.49. The van der Waals surface area contributed by atoms with Gasteiger partial charge in [0.1, 0.15) is 6.61 Å². The van der Waals surface area contributed by atoms with Crippen LogP contribution in [0, 0.1) is 5.41 Å². The maximum absolute atomic E-state index is 11.9. The maximum Gasteiger partial charge on any atom is 0.330 e. The van der Waals surface area contributed by atoms with Gasteiger partial charge in [0.15, 0.2) is 17.3 Å². The standard InChI is InChI=1S/C17H22O5/c1-17(2,3)15(18)11-22-13-8-6-12(10-14(13)20-4)7-9-16(19)21-5/h6-10H,11H2,1-5H3/b9-7-. The molecule has 120 valence electrons. The second-order valence-electron chi connectivity index (χ2n) is 5.73. The third kappa shape index (κ3) is 5.24. The fourth-order valence-electron chi connectivity index (χ4n) is 1.50. The first-order valence-electron chi connectivity index (χ1n) is 6.88. The first kappa shape index (κ1) is 17.8. The van der Waals surface area contributed by atoms with Crippen LogP contribution in [0.3, 0.4) is 0 Å². The fourth-order valence-corrected chi connectivity index (χ4v) is 1.50. The lowest BCUT2D eigenvalue weighted by atomic mass is 9.91. The second kappa shape index (κ2) is 7.64. The van der Waals surface area contributed by atoms with Crippen molar-refractivity contribution in [3.05, 3.63) is 29.8 Å². The van der Waals surface area contributed by atoms with E-state index in [1.807, 2.05) is 20.8 Å². The van der Waals surface area contributed by atoms with Gasteiger partial charge in [-0.2, -0.15) is 0 Å². The molecule has 0 spiro atoms. The molecule has 0 aliphatic heterocycles. The lowest BCUT2D eigenvalue weighted by Crippen LogP contribution is -2.26. The second-order valence-corrected chi connectivity index (χ2v) is 5.73. The fraction of sp³-hybridized carbons (Fsp3) is 0.412. The van der Waals surface area contributed by atoms with Gasteiger partial charge in [0.25, 0.3) is 0 Å². The molecule has 1 aromatic rings.